The van der Waals surface area contributed by atoms with Crippen LogP contribution in [0.4, 0.5) is 5.82 Å². The average molecular weight is 499 g/mol. The Kier molecular flexibility index (Phi) is 6.15. The third-order valence-corrected chi connectivity index (χ3v) is 8.57. The highest BCUT2D eigenvalue weighted by Gasteiger charge is 2.32. The van der Waals surface area contributed by atoms with Crippen molar-refractivity contribution < 1.29 is 4.79 Å². The van der Waals surface area contributed by atoms with Crippen molar-refractivity contribution >= 4 is 33.3 Å². The van der Waals surface area contributed by atoms with Crippen LogP contribution in [0.25, 0.3) is 21.6 Å². The molecule has 8 heteroatoms. The Morgan fingerprint density at radius 1 is 1.08 bits per heavy atom. The molecule has 36 heavy (non-hydrogen) atoms. The summed E-state index contributed by atoms with van der Waals surface area (Å²) in [6.07, 6.45) is 7.00. The Balaban J connectivity index is 1.36. The Bertz CT molecular complexity index is 1380. The van der Waals surface area contributed by atoms with E-state index < -0.39 is 6.04 Å². The lowest BCUT2D eigenvalue weighted by Crippen LogP contribution is -2.50. The smallest absolute Gasteiger partial charge is 0.239 e. The van der Waals surface area contributed by atoms with Gasteiger partial charge in [0.25, 0.3) is 0 Å². The standard InChI is InChI=1S/C28H30N6OS/c1-18-9-10-21-22(16-18)36-28-23(21)27(31-26(32-28)20-8-5-11-30-17-20)34-14-12-33(13-15-34)24(25(29)35)19-6-3-2-4-7-19/h2-8,11,17-18,24H,9-10,12-16H2,1H3,(H2,29,35). The monoisotopic (exact) mass is 498 g/mol. The average Bonchev–Trinajstić information content (AvgIpc) is 3.27. The third kappa shape index (κ3) is 4.24. The van der Waals surface area contributed by atoms with Crippen LogP contribution in [0.2, 0.25) is 0 Å². The summed E-state index contributed by atoms with van der Waals surface area (Å²) in [6.45, 7) is 5.35. The van der Waals surface area contributed by atoms with Crippen molar-refractivity contribution in [2.75, 3.05) is 31.1 Å². The fraction of sp³-hybridized carbons (Fsp3) is 0.357. The van der Waals surface area contributed by atoms with Crippen LogP contribution in [-0.2, 0) is 17.6 Å². The van der Waals surface area contributed by atoms with Crippen molar-refractivity contribution in [3.63, 3.8) is 0 Å². The topological polar surface area (TPSA) is 88.2 Å². The lowest BCUT2D eigenvalue weighted by molar-refractivity contribution is -0.123. The summed E-state index contributed by atoms with van der Waals surface area (Å²) >= 11 is 1.83. The van der Waals surface area contributed by atoms with Crippen molar-refractivity contribution in [1.82, 2.24) is 19.9 Å². The number of nitrogens with two attached hydrogens (primary N) is 1. The van der Waals surface area contributed by atoms with E-state index in [1.165, 1.54) is 22.2 Å². The SMILES string of the molecule is CC1CCc2c(sc3nc(-c4cccnc4)nc(N4CCN(C(C(N)=O)c5ccccc5)CC4)c23)C1. The van der Waals surface area contributed by atoms with Crippen LogP contribution in [0.3, 0.4) is 0 Å². The van der Waals surface area contributed by atoms with Crippen LogP contribution in [0, 0.1) is 5.92 Å². The Labute approximate surface area is 215 Å². The second kappa shape index (κ2) is 9.59. The van der Waals surface area contributed by atoms with Gasteiger partial charge in [-0.2, -0.15) is 0 Å². The Morgan fingerprint density at radius 3 is 2.61 bits per heavy atom. The molecule has 4 heterocycles. The van der Waals surface area contributed by atoms with E-state index in [-0.39, 0.29) is 5.91 Å². The summed E-state index contributed by atoms with van der Waals surface area (Å²) < 4.78 is 0. The first-order valence-electron chi connectivity index (χ1n) is 12.6. The van der Waals surface area contributed by atoms with Gasteiger partial charge in [-0.3, -0.25) is 14.7 Å². The van der Waals surface area contributed by atoms with E-state index in [2.05, 4.69) is 21.7 Å². The highest BCUT2D eigenvalue weighted by molar-refractivity contribution is 7.19. The largest absolute Gasteiger partial charge is 0.368 e. The van der Waals surface area contributed by atoms with Gasteiger partial charge in [0, 0.05) is 49.0 Å². The molecule has 1 saturated heterocycles. The zero-order valence-electron chi connectivity index (χ0n) is 20.4. The third-order valence-electron chi connectivity index (χ3n) is 7.42. The summed E-state index contributed by atoms with van der Waals surface area (Å²) in [6, 6.07) is 13.4. The minimum atomic E-state index is -0.417. The van der Waals surface area contributed by atoms with Gasteiger partial charge < -0.3 is 10.6 Å². The number of thiophene rings is 1. The van der Waals surface area contributed by atoms with Crippen molar-refractivity contribution in [1.29, 1.82) is 0 Å². The molecule has 3 aromatic heterocycles. The molecule has 0 radical (unpaired) electrons. The maximum absolute atomic E-state index is 12.4. The lowest BCUT2D eigenvalue weighted by Gasteiger charge is -2.39. The van der Waals surface area contributed by atoms with Gasteiger partial charge in [0.15, 0.2) is 5.82 Å². The first kappa shape index (κ1) is 23.1. The molecule has 0 bridgehead atoms. The number of rotatable bonds is 5. The van der Waals surface area contributed by atoms with E-state index >= 15 is 0 Å². The molecule has 1 amide bonds. The molecule has 2 atom stereocenters. The van der Waals surface area contributed by atoms with Gasteiger partial charge in [-0.05, 0) is 48.4 Å². The zero-order chi connectivity index (χ0) is 24.6. The molecule has 0 saturated carbocycles. The first-order valence-corrected chi connectivity index (χ1v) is 13.5. The number of pyridine rings is 1. The van der Waals surface area contributed by atoms with E-state index in [4.69, 9.17) is 15.7 Å². The highest BCUT2D eigenvalue weighted by Crippen LogP contribution is 2.42. The minimum absolute atomic E-state index is 0.307. The molecular weight excluding hydrogens is 468 g/mol. The number of primary amides is 1. The number of piperazine rings is 1. The zero-order valence-corrected chi connectivity index (χ0v) is 21.2. The summed E-state index contributed by atoms with van der Waals surface area (Å²) in [5.74, 6) is 2.13. The van der Waals surface area contributed by atoms with Crippen LogP contribution >= 0.6 is 11.3 Å². The van der Waals surface area contributed by atoms with E-state index in [9.17, 15) is 4.79 Å². The van der Waals surface area contributed by atoms with Crippen molar-refractivity contribution in [2.24, 2.45) is 11.7 Å². The van der Waals surface area contributed by atoms with Crippen molar-refractivity contribution in [3.05, 3.63) is 70.9 Å². The number of carbonyl (C=O) groups excluding carboxylic acids is 1. The maximum Gasteiger partial charge on any atom is 0.239 e. The summed E-state index contributed by atoms with van der Waals surface area (Å²) in [5, 5.41) is 1.22. The molecule has 1 aliphatic heterocycles. The highest BCUT2D eigenvalue weighted by atomic mass is 32.1. The van der Waals surface area contributed by atoms with Crippen LogP contribution in [-0.4, -0.2) is 51.9 Å². The molecule has 7 nitrogen and oxygen atoms in total. The summed E-state index contributed by atoms with van der Waals surface area (Å²) in [7, 11) is 0. The molecule has 2 unspecified atom stereocenters. The lowest BCUT2D eigenvalue weighted by atomic mass is 9.89. The number of benzene rings is 1. The predicted octanol–water partition coefficient (Wildman–Crippen LogP) is 4.23. The first-order chi connectivity index (χ1) is 17.6. The van der Waals surface area contributed by atoms with Crippen LogP contribution in [0.1, 0.15) is 35.4 Å². The second-order valence-electron chi connectivity index (χ2n) is 9.88. The fourth-order valence-electron chi connectivity index (χ4n) is 5.56. The van der Waals surface area contributed by atoms with Crippen LogP contribution in [0.5, 0.6) is 0 Å². The number of aryl methyl sites for hydroxylation is 1. The van der Waals surface area contributed by atoms with Crippen molar-refractivity contribution in [2.45, 2.75) is 32.2 Å². The van der Waals surface area contributed by atoms with Crippen LogP contribution in [0.15, 0.2) is 54.9 Å². The van der Waals surface area contributed by atoms with E-state index in [1.54, 1.807) is 6.20 Å². The van der Waals surface area contributed by atoms with Gasteiger partial charge in [-0.25, -0.2) is 9.97 Å². The van der Waals surface area contributed by atoms with E-state index in [0.29, 0.717) is 5.92 Å². The van der Waals surface area contributed by atoms with Gasteiger partial charge in [-0.15, -0.1) is 11.3 Å². The van der Waals surface area contributed by atoms with Crippen LogP contribution < -0.4 is 10.6 Å². The van der Waals surface area contributed by atoms with E-state index in [0.717, 1.165) is 66.6 Å². The number of hydrogen-bond acceptors (Lipinski definition) is 7. The molecule has 0 spiro atoms. The molecule has 1 aromatic carbocycles. The number of amides is 1. The Morgan fingerprint density at radius 2 is 1.89 bits per heavy atom. The minimum Gasteiger partial charge on any atom is -0.368 e. The summed E-state index contributed by atoms with van der Waals surface area (Å²) in [4.78, 5) is 33.9. The van der Waals surface area contributed by atoms with Gasteiger partial charge in [0.1, 0.15) is 16.7 Å². The predicted molar refractivity (Wildman–Crippen MR) is 144 cm³/mol. The molecule has 2 aliphatic rings. The summed E-state index contributed by atoms with van der Waals surface area (Å²) in [5.41, 5.74) is 9.17. The number of aromatic nitrogens is 3. The quantitative estimate of drug-likeness (QED) is 0.443. The van der Waals surface area contributed by atoms with Crippen molar-refractivity contribution in [3.8, 4) is 11.4 Å². The molecule has 1 fully saturated rings. The van der Waals surface area contributed by atoms with Gasteiger partial charge in [-0.1, -0.05) is 37.3 Å². The molecule has 1 aliphatic carbocycles. The molecule has 2 N–H and O–H groups in total. The second-order valence-corrected chi connectivity index (χ2v) is 11.0. The number of carbonyl (C=O) groups is 1. The fourth-order valence-corrected chi connectivity index (χ4v) is 6.94. The normalized spacial score (nSPS) is 19.2. The number of nitrogens with zero attached hydrogens (tertiary/aromatic N) is 5. The molecule has 4 aromatic rings. The maximum atomic E-state index is 12.4. The number of fused-ring (bicyclic) bond motifs is 3. The number of hydrogen-bond donors (Lipinski definition) is 1. The van der Waals surface area contributed by atoms with Gasteiger partial charge in [0.2, 0.25) is 5.91 Å². The molecule has 6 rings (SSSR count). The van der Waals surface area contributed by atoms with Gasteiger partial charge in [0.05, 0.1) is 5.39 Å². The molecular formula is C28H30N6OS. The molecule has 184 valence electrons. The van der Waals surface area contributed by atoms with Gasteiger partial charge >= 0.3 is 0 Å². The van der Waals surface area contributed by atoms with E-state index in [1.807, 2.05) is 60.0 Å². The Hall–Kier alpha value is -3.36. The number of anilines is 1.